The van der Waals surface area contributed by atoms with E-state index >= 15 is 0 Å². The Morgan fingerprint density at radius 1 is 1.15 bits per heavy atom. The van der Waals surface area contributed by atoms with Crippen molar-refractivity contribution in [2.45, 2.75) is 32.1 Å². The molecule has 5 nitrogen and oxygen atoms in total. The second-order valence-corrected chi connectivity index (χ2v) is 7.66. The highest BCUT2D eigenvalue weighted by Crippen LogP contribution is 2.25. The lowest BCUT2D eigenvalue weighted by atomic mass is 10.2. The quantitative estimate of drug-likeness (QED) is 0.471. The van der Waals surface area contributed by atoms with E-state index in [0.29, 0.717) is 25.0 Å². The fraction of sp³-hybridized carbons (Fsp3) is 0.286. The molecule has 0 saturated carbocycles. The zero-order valence-corrected chi connectivity index (χ0v) is 15.7. The van der Waals surface area contributed by atoms with Gasteiger partial charge in [0.2, 0.25) is 5.91 Å². The van der Waals surface area contributed by atoms with E-state index in [1.54, 1.807) is 28.4 Å². The SMILES string of the molecule is O=C(CCCc1nc2ccccc2s1)Oc1ccc(N2CCCC2=O)cc1. The molecule has 138 valence electrons. The molecule has 2 heterocycles. The molecule has 0 N–H and O–H groups in total. The van der Waals surface area contributed by atoms with Crippen LogP contribution in [0.25, 0.3) is 10.2 Å². The van der Waals surface area contributed by atoms with Crippen LogP contribution in [0, 0.1) is 0 Å². The summed E-state index contributed by atoms with van der Waals surface area (Å²) in [5.74, 6) is 0.408. The number of ether oxygens (including phenoxy) is 1. The highest BCUT2D eigenvalue weighted by Gasteiger charge is 2.21. The molecule has 1 aromatic heterocycles. The molecule has 1 fully saturated rings. The molecule has 2 aromatic carbocycles. The average molecular weight is 380 g/mol. The maximum Gasteiger partial charge on any atom is 0.311 e. The summed E-state index contributed by atoms with van der Waals surface area (Å²) in [6, 6.07) is 15.2. The minimum atomic E-state index is -0.249. The van der Waals surface area contributed by atoms with E-state index in [1.807, 2.05) is 30.3 Å². The van der Waals surface area contributed by atoms with Crippen LogP contribution in [-0.2, 0) is 16.0 Å². The number of hydrogen-bond donors (Lipinski definition) is 0. The van der Waals surface area contributed by atoms with Gasteiger partial charge in [-0.1, -0.05) is 12.1 Å². The van der Waals surface area contributed by atoms with Crippen LogP contribution in [0.4, 0.5) is 5.69 Å². The summed E-state index contributed by atoms with van der Waals surface area (Å²) in [6.45, 7) is 0.754. The second-order valence-electron chi connectivity index (χ2n) is 6.55. The number of carbonyl (C=O) groups excluding carboxylic acids is 2. The number of anilines is 1. The molecule has 0 atom stereocenters. The summed E-state index contributed by atoms with van der Waals surface area (Å²) in [5, 5.41) is 1.05. The number of amides is 1. The van der Waals surface area contributed by atoms with Gasteiger partial charge in [-0.05, 0) is 55.7 Å². The molecule has 1 amide bonds. The van der Waals surface area contributed by atoms with Gasteiger partial charge >= 0.3 is 5.97 Å². The first-order valence-corrected chi connectivity index (χ1v) is 9.96. The zero-order chi connectivity index (χ0) is 18.6. The monoisotopic (exact) mass is 380 g/mol. The number of aromatic nitrogens is 1. The topological polar surface area (TPSA) is 59.5 Å². The number of nitrogens with zero attached hydrogens (tertiary/aromatic N) is 2. The van der Waals surface area contributed by atoms with E-state index in [2.05, 4.69) is 11.1 Å². The van der Waals surface area contributed by atoms with Crippen molar-refractivity contribution < 1.29 is 14.3 Å². The van der Waals surface area contributed by atoms with Gasteiger partial charge in [0.1, 0.15) is 5.75 Å². The van der Waals surface area contributed by atoms with Crippen molar-refractivity contribution in [3.8, 4) is 5.75 Å². The van der Waals surface area contributed by atoms with Crippen molar-refractivity contribution in [1.82, 2.24) is 4.98 Å². The summed E-state index contributed by atoms with van der Waals surface area (Å²) in [7, 11) is 0. The minimum Gasteiger partial charge on any atom is -0.427 e. The first-order valence-electron chi connectivity index (χ1n) is 9.14. The summed E-state index contributed by atoms with van der Waals surface area (Å²) < 4.78 is 6.57. The lowest BCUT2D eigenvalue weighted by molar-refractivity contribution is -0.134. The van der Waals surface area contributed by atoms with Gasteiger partial charge < -0.3 is 9.64 Å². The average Bonchev–Trinajstić information content (AvgIpc) is 3.28. The van der Waals surface area contributed by atoms with Crippen molar-refractivity contribution >= 4 is 39.1 Å². The van der Waals surface area contributed by atoms with Gasteiger partial charge in [-0.25, -0.2) is 4.98 Å². The summed E-state index contributed by atoms with van der Waals surface area (Å²) in [4.78, 5) is 30.2. The molecule has 1 aliphatic rings. The molecule has 6 heteroatoms. The van der Waals surface area contributed by atoms with E-state index in [4.69, 9.17) is 4.74 Å². The van der Waals surface area contributed by atoms with Crippen molar-refractivity contribution in [2.75, 3.05) is 11.4 Å². The maximum absolute atomic E-state index is 12.1. The molecular weight excluding hydrogens is 360 g/mol. The van der Waals surface area contributed by atoms with Gasteiger partial charge in [0, 0.05) is 25.1 Å². The minimum absolute atomic E-state index is 0.148. The van der Waals surface area contributed by atoms with Crippen LogP contribution in [0.15, 0.2) is 48.5 Å². The number of hydrogen-bond acceptors (Lipinski definition) is 5. The molecule has 1 saturated heterocycles. The van der Waals surface area contributed by atoms with Crippen LogP contribution in [0.5, 0.6) is 5.75 Å². The maximum atomic E-state index is 12.1. The predicted molar refractivity (Wildman–Crippen MR) is 106 cm³/mol. The molecule has 0 aliphatic carbocycles. The van der Waals surface area contributed by atoms with Gasteiger partial charge in [0.25, 0.3) is 0 Å². The first kappa shape index (κ1) is 17.7. The normalized spacial score (nSPS) is 14.1. The number of rotatable bonds is 6. The van der Waals surface area contributed by atoms with Crippen molar-refractivity contribution in [3.63, 3.8) is 0 Å². The van der Waals surface area contributed by atoms with Crippen molar-refractivity contribution in [1.29, 1.82) is 0 Å². The van der Waals surface area contributed by atoms with E-state index in [1.165, 1.54) is 4.70 Å². The number of fused-ring (bicyclic) bond motifs is 1. The summed E-state index contributed by atoms with van der Waals surface area (Å²) in [5.41, 5.74) is 1.87. The van der Waals surface area contributed by atoms with Crippen LogP contribution in [-0.4, -0.2) is 23.4 Å². The molecular formula is C21H20N2O3S. The highest BCUT2D eigenvalue weighted by atomic mass is 32.1. The summed E-state index contributed by atoms with van der Waals surface area (Å²) in [6.07, 6.45) is 3.32. The Morgan fingerprint density at radius 2 is 1.96 bits per heavy atom. The van der Waals surface area contributed by atoms with Crippen molar-refractivity contribution in [3.05, 3.63) is 53.5 Å². The summed E-state index contributed by atoms with van der Waals surface area (Å²) >= 11 is 1.67. The standard InChI is InChI=1S/C21H20N2O3S/c24-20-8-4-14-23(20)15-10-12-16(13-11-15)26-21(25)9-3-7-19-22-17-5-1-2-6-18(17)27-19/h1-2,5-6,10-13H,3-4,7-9,14H2. The van der Waals surface area contributed by atoms with Crippen LogP contribution in [0.3, 0.4) is 0 Å². The Kier molecular flexibility index (Phi) is 5.16. The fourth-order valence-corrected chi connectivity index (χ4v) is 4.22. The Morgan fingerprint density at radius 3 is 2.70 bits per heavy atom. The highest BCUT2D eigenvalue weighted by molar-refractivity contribution is 7.18. The lowest BCUT2D eigenvalue weighted by Gasteiger charge is -2.15. The smallest absolute Gasteiger partial charge is 0.311 e. The number of esters is 1. The Labute approximate surface area is 161 Å². The van der Waals surface area contributed by atoms with Gasteiger partial charge in [-0.2, -0.15) is 0 Å². The Bertz CT molecular complexity index is 932. The molecule has 0 bridgehead atoms. The molecule has 27 heavy (non-hydrogen) atoms. The van der Waals surface area contributed by atoms with Crippen LogP contribution in [0.1, 0.15) is 30.7 Å². The van der Waals surface area contributed by atoms with Crippen LogP contribution in [0.2, 0.25) is 0 Å². The number of para-hydroxylation sites is 1. The third kappa shape index (κ3) is 4.17. The zero-order valence-electron chi connectivity index (χ0n) is 14.9. The van der Waals surface area contributed by atoms with Crippen LogP contribution < -0.4 is 9.64 Å². The third-order valence-corrected chi connectivity index (χ3v) is 5.66. The Balaban J connectivity index is 1.27. The molecule has 0 spiro atoms. The van der Waals surface area contributed by atoms with Gasteiger partial charge in [0.05, 0.1) is 15.2 Å². The molecule has 1 aliphatic heterocycles. The number of benzene rings is 2. The first-order chi connectivity index (χ1) is 13.2. The second kappa shape index (κ2) is 7.88. The third-order valence-electron chi connectivity index (χ3n) is 4.56. The molecule has 4 rings (SSSR count). The lowest BCUT2D eigenvalue weighted by Crippen LogP contribution is -2.23. The van der Waals surface area contributed by atoms with Gasteiger partial charge in [-0.3, -0.25) is 9.59 Å². The number of thiazole rings is 1. The van der Waals surface area contributed by atoms with E-state index in [0.717, 1.165) is 35.6 Å². The fourth-order valence-electron chi connectivity index (χ4n) is 3.21. The number of aryl methyl sites for hydroxylation is 1. The molecule has 0 radical (unpaired) electrons. The molecule has 3 aromatic rings. The van der Waals surface area contributed by atoms with E-state index < -0.39 is 0 Å². The van der Waals surface area contributed by atoms with Crippen molar-refractivity contribution in [2.24, 2.45) is 0 Å². The van der Waals surface area contributed by atoms with E-state index in [-0.39, 0.29) is 11.9 Å². The predicted octanol–water partition coefficient (Wildman–Crippen LogP) is 4.35. The largest absolute Gasteiger partial charge is 0.427 e. The van der Waals surface area contributed by atoms with Gasteiger partial charge in [-0.15, -0.1) is 11.3 Å². The Hall–Kier alpha value is -2.73. The number of carbonyl (C=O) groups is 2. The van der Waals surface area contributed by atoms with E-state index in [9.17, 15) is 9.59 Å². The van der Waals surface area contributed by atoms with Gasteiger partial charge in [0.15, 0.2) is 0 Å². The molecule has 0 unspecified atom stereocenters. The van der Waals surface area contributed by atoms with Crippen LogP contribution >= 0.6 is 11.3 Å².